The summed E-state index contributed by atoms with van der Waals surface area (Å²) in [5.41, 5.74) is 2.03. The first-order valence-electron chi connectivity index (χ1n) is 8.96. The average Bonchev–Trinajstić information content (AvgIpc) is 3.16. The first-order valence-corrected chi connectivity index (χ1v) is 8.96. The van der Waals surface area contributed by atoms with Crippen molar-refractivity contribution in [1.29, 1.82) is 0 Å². The van der Waals surface area contributed by atoms with Gasteiger partial charge in [0.05, 0.1) is 5.71 Å². The molecule has 0 bridgehead atoms. The van der Waals surface area contributed by atoms with Gasteiger partial charge in [-0.3, -0.25) is 9.59 Å². The summed E-state index contributed by atoms with van der Waals surface area (Å²) < 4.78 is 5.74. The number of carbonyl (C=O) groups excluding carboxylic acids is 2. The van der Waals surface area contributed by atoms with E-state index in [1.807, 2.05) is 30.4 Å². The van der Waals surface area contributed by atoms with Gasteiger partial charge in [-0.25, -0.2) is 4.99 Å². The largest absolute Gasteiger partial charge is 0.474 e. The fraction of sp³-hybridized carbons (Fsp3) is 0.286. The zero-order valence-corrected chi connectivity index (χ0v) is 14.4. The van der Waals surface area contributed by atoms with E-state index in [0.29, 0.717) is 17.3 Å². The highest BCUT2D eigenvalue weighted by Crippen LogP contribution is 2.21. The van der Waals surface area contributed by atoms with Crippen LogP contribution in [-0.2, 0) is 9.53 Å². The molecule has 1 aromatic rings. The van der Waals surface area contributed by atoms with E-state index >= 15 is 0 Å². The van der Waals surface area contributed by atoms with E-state index in [1.54, 1.807) is 24.3 Å². The minimum Gasteiger partial charge on any atom is -0.474 e. The standard InChI is InChI=1S/C21H20N2O3/c24-20(22-16-5-1-2-6-16)15-11-9-14(10-12-15)13-19-21(25)23-17-7-3-4-8-18(17)26-19/h3-4,7-13,16,18H,1-2,5-6H2,(H,22,24)/b19-13-. The van der Waals surface area contributed by atoms with Crippen LogP contribution in [0.5, 0.6) is 0 Å². The molecular formula is C21H20N2O3. The van der Waals surface area contributed by atoms with Crippen molar-refractivity contribution in [2.75, 3.05) is 0 Å². The number of ether oxygens (including phenoxy) is 1. The molecule has 1 aliphatic heterocycles. The third-order valence-corrected chi connectivity index (χ3v) is 4.81. The van der Waals surface area contributed by atoms with E-state index < -0.39 is 0 Å². The minimum atomic E-state index is -0.390. The van der Waals surface area contributed by atoms with Gasteiger partial charge in [-0.1, -0.05) is 37.1 Å². The van der Waals surface area contributed by atoms with Gasteiger partial charge in [0.25, 0.3) is 5.91 Å². The number of amides is 2. The number of hydrogen-bond donors (Lipinski definition) is 1. The molecule has 1 heterocycles. The second-order valence-corrected chi connectivity index (χ2v) is 6.71. The van der Waals surface area contributed by atoms with Crippen molar-refractivity contribution < 1.29 is 14.3 Å². The first kappa shape index (κ1) is 16.5. The van der Waals surface area contributed by atoms with Gasteiger partial charge in [-0.15, -0.1) is 0 Å². The van der Waals surface area contributed by atoms with Gasteiger partial charge in [-0.2, -0.15) is 0 Å². The van der Waals surface area contributed by atoms with Crippen molar-refractivity contribution in [3.63, 3.8) is 0 Å². The van der Waals surface area contributed by atoms with Gasteiger partial charge in [0.1, 0.15) is 0 Å². The van der Waals surface area contributed by atoms with Crippen molar-refractivity contribution in [3.05, 3.63) is 65.5 Å². The molecule has 1 aromatic carbocycles. The van der Waals surface area contributed by atoms with Crippen LogP contribution in [0.4, 0.5) is 0 Å². The Morgan fingerprint density at radius 3 is 2.69 bits per heavy atom. The summed E-state index contributed by atoms with van der Waals surface area (Å²) in [5, 5.41) is 3.07. The van der Waals surface area contributed by atoms with Gasteiger partial charge < -0.3 is 10.1 Å². The summed E-state index contributed by atoms with van der Waals surface area (Å²) in [4.78, 5) is 28.5. The van der Waals surface area contributed by atoms with Crippen molar-refractivity contribution in [2.45, 2.75) is 37.8 Å². The van der Waals surface area contributed by atoms with Crippen LogP contribution in [0.3, 0.4) is 0 Å². The van der Waals surface area contributed by atoms with Gasteiger partial charge >= 0.3 is 5.91 Å². The van der Waals surface area contributed by atoms with E-state index in [9.17, 15) is 9.59 Å². The molecule has 0 radical (unpaired) electrons. The van der Waals surface area contributed by atoms with Crippen LogP contribution in [-0.4, -0.2) is 29.7 Å². The van der Waals surface area contributed by atoms with Gasteiger partial charge in [-0.05, 0) is 48.8 Å². The number of allylic oxidation sites excluding steroid dienone is 2. The number of benzene rings is 1. The predicted octanol–water partition coefficient (Wildman–Crippen LogP) is 3.19. The number of hydrogen-bond acceptors (Lipinski definition) is 3. The molecule has 0 aromatic heterocycles. The summed E-state index contributed by atoms with van der Waals surface area (Å²) in [7, 11) is 0. The maximum Gasteiger partial charge on any atom is 0.312 e. The first-order chi connectivity index (χ1) is 12.7. The summed E-state index contributed by atoms with van der Waals surface area (Å²) >= 11 is 0. The number of fused-ring (bicyclic) bond motifs is 1. The average molecular weight is 348 g/mol. The molecule has 132 valence electrons. The Bertz CT molecular complexity index is 841. The van der Waals surface area contributed by atoms with E-state index in [0.717, 1.165) is 18.4 Å². The molecule has 1 unspecified atom stereocenters. The smallest absolute Gasteiger partial charge is 0.312 e. The van der Waals surface area contributed by atoms with Crippen LogP contribution in [0, 0.1) is 0 Å². The predicted molar refractivity (Wildman–Crippen MR) is 99.7 cm³/mol. The van der Waals surface area contributed by atoms with Crippen LogP contribution in [0.2, 0.25) is 0 Å². The molecule has 1 atom stereocenters. The van der Waals surface area contributed by atoms with Crippen molar-refractivity contribution >= 4 is 23.6 Å². The second kappa shape index (κ2) is 7.12. The number of carbonyl (C=O) groups is 2. The topological polar surface area (TPSA) is 67.8 Å². The van der Waals surface area contributed by atoms with Crippen molar-refractivity contribution in [1.82, 2.24) is 5.32 Å². The molecule has 0 spiro atoms. The van der Waals surface area contributed by atoms with Crippen LogP contribution in [0.1, 0.15) is 41.6 Å². The highest BCUT2D eigenvalue weighted by Gasteiger charge is 2.26. The van der Waals surface area contributed by atoms with Crippen LogP contribution >= 0.6 is 0 Å². The molecule has 26 heavy (non-hydrogen) atoms. The molecule has 5 heteroatoms. The fourth-order valence-corrected chi connectivity index (χ4v) is 3.39. The Labute approximate surface area is 152 Å². The zero-order valence-electron chi connectivity index (χ0n) is 14.4. The number of nitrogens with zero attached hydrogens (tertiary/aromatic N) is 1. The third kappa shape index (κ3) is 3.52. The van der Waals surface area contributed by atoms with E-state index in [1.165, 1.54) is 12.8 Å². The Kier molecular flexibility index (Phi) is 4.52. The normalized spacial score (nSPS) is 23.5. The third-order valence-electron chi connectivity index (χ3n) is 4.81. The molecule has 0 saturated heterocycles. The second-order valence-electron chi connectivity index (χ2n) is 6.71. The lowest BCUT2D eigenvalue weighted by atomic mass is 10.1. The van der Waals surface area contributed by atoms with E-state index in [-0.39, 0.29) is 23.7 Å². The van der Waals surface area contributed by atoms with E-state index in [2.05, 4.69) is 10.3 Å². The lowest BCUT2D eigenvalue weighted by molar-refractivity contribution is -0.118. The molecule has 1 N–H and O–H groups in total. The lowest BCUT2D eigenvalue weighted by Crippen LogP contribution is -2.32. The quantitative estimate of drug-likeness (QED) is 0.853. The van der Waals surface area contributed by atoms with Crippen molar-refractivity contribution in [2.24, 2.45) is 4.99 Å². The maximum atomic E-state index is 12.3. The molecule has 5 nitrogen and oxygen atoms in total. The minimum absolute atomic E-state index is 0.0468. The van der Waals surface area contributed by atoms with Crippen LogP contribution < -0.4 is 5.32 Å². The maximum absolute atomic E-state index is 12.3. The Morgan fingerprint density at radius 1 is 1.15 bits per heavy atom. The van der Waals surface area contributed by atoms with Gasteiger partial charge in [0.2, 0.25) is 0 Å². The Morgan fingerprint density at radius 2 is 1.92 bits per heavy atom. The lowest BCUT2D eigenvalue weighted by Gasteiger charge is -2.22. The highest BCUT2D eigenvalue weighted by atomic mass is 16.5. The highest BCUT2D eigenvalue weighted by molar-refractivity contribution is 6.13. The Balaban J connectivity index is 1.47. The number of aliphatic imine (C=N–C) groups is 1. The Hall–Kier alpha value is -2.95. The van der Waals surface area contributed by atoms with Crippen LogP contribution in [0.25, 0.3) is 6.08 Å². The molecule has 1 fully saturated rings. The molecule has 4 rings (SSSR count). The fourth-order valence-electron chi connectivity index (χ4n) is 3.39. The van der Waals surface area contributed by atoms with E-state index in [4.69, 9.17) is 4.74 Å². The zero-order chi connectivity index (χ0) is 17.9. The summed E-state index contributed by atoms with van der Waals surface area (Å²) in [6, 6.07) is 7.44. The summed E-state index contributed by atoms with van der Waals surface area (Å²) in [6.45, 7) is 0. The summed E-state index contributed by atoms with van der Waals surface area (Å²) in [5.74, 6) is -0.226. The number of nitrogens with one attached hydrogen (secondary N) is 1. The monoisotopic (exact) mass is 348 g/mol. The molecular weight excluding hydrogens is 328 g/mol. The molecule has 3 aliphatic rings. The number of rotatable bonds is 3. The van der Waals surface area contributed by atoms with Gasteiger partial charge in [0.15, 0.2) is 11.9 Å². The van der Waals surface area contributed by atoms with Gasteiger partial charge in [0, 0.05) is 11.6 Å². The molecule has 2 amide bonds. The molecule has 1 saturated carbocycles. The molecule has 2 aliphatic carbocycles. The summed E-state index contributed by atoms with van der Waals surface area (Å²) in [6.07, 6.45) is 13.2. The SMILES string of the molecule is O=C1N=C2C=CC=CC2O/C1=C\c1ccc(C(=O)NC2CCCC2)cc1. The van der Waals surface area contributed by atoms with Crippen molar-refractivity contribution in [3.8, 4) is 0 Å². The van der Waals surface area contributed by atoms with Crippen LogP contribution in [0.15, 0.2) is 59.3 Å².